The maximum Gasteiger partial charge on any atom is 0.315 e. The molecule has 2 aliphatic rings. The topological polar surface area (TPSA) is 64.6 Å². The molecule has 2 rings (SSSR count). The third-order valence-corrected chi connectivity index (χ3v) is 4.90. The summed E-state index contributed by atoms with van der Waals surface area (Å²) in [5, 5.41) is 15.5. The summed E-state index contributed by atoms with van der Waals surface area (Å²) in [6.07, 6.45) is 5.63. The monoisotopic (exact) mass is 283 g/mol. The molecule has 2 atom stereocenters. The number of amides is 2. The van der Waals surface area contributed by atoms with Gasteiger partial charge in [0.1, 0.15) is 0 Å². The number of hydrogen-bond donors (Lipinski definition) is 3. The summed E-state index contributed by atoms with van der Waals surface area (Å²) in [6, 6.07) is 0.749. The van der Waals surface area contributed by atoms with Crippen LogP contribution in [-0.4, -0.2) is 54.4 Å². The minimum Gasteiger partial charge on any atom is -0.396 e. The average Bonchev–Trinajstić information content (AvgIpc) is 3.21. The third-order valence-electron chi connectivity index (χ3n) is 4.90. The van der Waals surface area contributed by atoms with E-state index in [0.717, 1.165) is 38.4 Å². The van der Waals surface area contributed by atoms with Crippen LogP contribution in [0.3, 0.4) is 0 Å². The van der Waals surface area contributed by atoms with E-state index in [0.29, 0.717) is 6.54 Å². The summed E-state index contributed by atoms with van der Waals surface area (Å²) in [4.78, 5) is 14.4. The molecule has 3 N–H and O–H groups in total. The number of aliphatic hydroxyl groups is 1. The Bertz CT molecular complexity index is 333. The number of likely N-dealkylation sites (N-methyl/N-ethyl adjacent to an activating group) is 1. The highest BCUT2D eigenvalue weighted by atomic mass is 16.3. The first-order valence-electron chi connectivity index (χ1n) is 7.98. The Morgan fingerprint density at radius 3 is 2.75 bits per heavy atom. The van der Waals surface area contributed by atoms with Gasteiger partial charge in [-0.2, -0.15) is 0 Å². The molecule has 2 amide bonds. The minimum atomic E-state index is -0.152. The molecule has 0 aromatic heterocycles. The second-order valence-corrected chi connectivity index (χ2v) is 6.52. The van der Waals surface area contributed by atoms with Crippen LogP contribution in [0, 0.1) is 5.41 Å². The van der Waals surface area contributed by atoms with Crippen molar-refractivity contribution in [2.45, 2.75) is 58.0 Å². The Hall–Kier alpha value is -0.810. The second-order valence-electron chi connectivity index (χ2n) is 6.52. The van der Waals surface area contributed by atoms with Crippen molar-refractivity contribution in [2.75, 3.05) is 26.2 Å². The van der Waals surface area contributed by atoms with Crippen molar-refractivity contribution < 1.29 is 9.90 Å². The average molecular weight is 283 g/mol. The van der Waals surface area contributed by atoms with E-state index in [1.807, 2.05) is 0 Å². The molecule has 20 heavy (non-hydrogen) atoms. The molecule has 0 spiro atoms. The number of rotatable bonds is 7. The molecular formula is C15H29N3O2. The van der Waals surface area contributed by atoms with Crippen molar-refractivity contribution in [2.24, 2.45) is 5.41 Å². The Labute approximate surface area is 122 Å². The predicted octanol–water partition coefficient (Wildman–Crippen LogP) is 1.32. The van der Waals surface area contributed by atoms with E-state index < -0.39 is 0 Å². The maximum atomic E-state index is 11.9. The zero-order chi connectivity index (χ0) is 14.6. The van der Waals surface area contributed by atoms with E-state index in [1.165, 1.54) is 12.8 Å². The lowest BCUT2D eigenvalue weighted by Gasteiger charge is -2.30. The summed E-state index contributed by atoms with van der Waals surface area (Å²) in [7, 11) is 0. The molecule has 2 saturated carbocycles. The fraction of sp³-hybridized carbons (Fsp3) is 0.933. The zero-order valence-corrected chi connectivity index (χ0v) is 12.8. The van der Waals surface area contributed by atoms with Gasteiger partial charge in [0.25, 0.3) is 0 Å². The number of hydrogen-bond acceptors (Lipinski definition) is 3. The van der Waals surface area contributed by atoms with E-state index in [9.17, 15) is 9.90 Å². The van der Waals surface area contributed by atoms with E-state index in [4.69, 9.17) is 0 Å². The van der Waals surface area contributed by atoms with Crippen molar-refractivity contribution in [3.05, 3.63) is 0 Å². The molecule has 2 unspecified atom stereocenters. The van der Waals surface area contributed by atoms with Gasteiger partial charge < -0.3 is 15.7 Å². The molecule has 5 nitrogen and oxygen atoms in total. The highest BCUT2D eigenvalue weighted by Crippen LogP contribution is 2.37. The van der Waals surface area contributed by atoms with Crippen molar-refractivity contribution in [3.63, 3.8) is 0 Å². The van der Waals surface area contributed by atoms with Crippen LogP contribution in [0.25, 0.3) is 0 Å². The summed E-state index contributed by atoms with van der Waals surface area (Å²) in [5.74, 6) is 0. The van der Waals surface area contributed by atoms with Crippen molar-refractivity contribution >= 4 is 6.03 Å². The molecule has 0 aromatic carbocycles. The van der Waals surface area contributed by atoms with Crippen LogP contribution in [0.2, 0.25) is 0 Å². The van der Waals surface area contributed by atoms with Crippen LogP contribution in [0.1, 0.15) is 46.0 Å². The molecule has 0 bridgehead atoms. The molecular weight excluding hydrogens is 254 g/mol. The largest absolute Gasteiger partial charge is 0.396 e. The van der Waals surface area contributed by atoms with Crippen LogP contribution in [-0.2, 0) is 0 Å². The molecule has 0 radical (unpaired) electrons. The highest BCUT2D eigenvalue weighted by Gasteiger charge is 2.39. The third kappa shape index (κ3) is 3.85. The van der Waals surface area contributed by atoms with Crippen molar-refractivity contribution in [1.29, 1.82) is 0 Å². The van der Waals surface area contributed by atoms with Gasteiger partial charge in [-0.05, 0) is 32.2 Å². The number of nitrogens with zero attached hydrogens (tertiary/aromatic N) is 1. The normalized spacial score (nSPS) is 29.7. The standard InChI is InChI=1S/C15H29N3O2/c1-3-18(12-6-7-12)10-9-16-14(20)17-13-5-4-8-15(13,2)11-19/h12-13,19H,3-11H2,1-2H3,(H2,16,17,20). The van der Waals surface area contributed by atoms with Gasteiger partial charge >= 0.3 is 6.03 Å². The van der Waals surface area contributed by atoms with Gasteiger partial charge in [-0.3, -0.25) is 4.90 Å². The van der Waals surface area contributed by atoms with Crippen molar-refractivity contribution in [3.8, 4) is 0 Å². The smallest absolute Gasteiger partial charge is 0.315 e. The lowest BCUT2D eigenvalue weighted by Crippen LogP contribution is -2.49. The Morgan fingerprint density at radius 1 is 1.40 bits per heavy atom. The van der Waals surface area contributed by atoms with E-state index in [2.05, 4.69) is 29.4 Å². The zero-order valence-electron chi connectivity index (χ0n) is 12.8. The Kier molecular flexibility index (Phi) is 5.27. The van der Waals surface area contributed by atoms with Gasteiger partial charge in [-0.15, -0.1) is 0 Å². The summed E-state index contributed by atoms with van der Waals surface area (Å²) in [5.41, 5.74) is -0.152. The van der Waals surface area contributed by atoms with Gasteiger partial charge in [0.2, 0.25) is 0 Å². The molecule has 0 aromatic rings. The summed E-state index contributed by atoms with van der Waals surface area (Å²) < 4.78 is 0. The molecule has 116 valence electrons. The van der Waals surface area contributed by atoms with Gasteiger partial charge in [-0.25, -0.2) is 4.79 Å². The first-order valence-corrected chi connectivity index (χ1v) is 7.98. The SMILES string of the molecule is CCN(CCNC(=O)NC1CCCC1(C)CO)C1CC1. The van der Waals surface area contributed by atoms with Gasteiger partial charge in [0.05, 0.1) is 6.61 Å². The number of urea groups is 1. The minimum absolute atomic E-state index is 0.0941. The first-order chi connectivity index (χ1) is 9.59. The Morgan fingerprint density at radius 2 is 2.15 bits per heavy atom. The first kappa shape index (κ1) is 15.6. The van der Waals surface area contributed by atoms with Crippen LogP contribution in [0.5, 0.6) is 0 Å². The van der Waals surface area contributed by atoms with Crippen LogP contribution in [0.15, 0.2) is 0 Å². The van der Waals surface area contributed by atoms with Crippen molar-refractivity contribution in [1.82, 2.24) is 15.5 Å². The number of nitrogens with one attached hydrogen (secondary N) is 2. The van der Waals surface area contributed by atoms with Crippen LogP contribution >= 0.6 is 0 Å². The molecule has 0 aliphatic heterocycles. The second kappa shape index (κ2) is 6.76. The predicted molar refractivity (Wildman–Crippen MR) is 79.6 cm³/mol. The van der Waals surface area contributed by atoms with Crippen LogP contribution < -0.4 is 10.6 Å². The maximum absolute atomic E-state index is 11.9. The number of aliphatic hydroxyl groups excluding tert-OH is 1. The molecule has 0 saturated heterocycles. The van der Waals surface area contributed by atoms with E-state index >= 15 is 0 Å². The Balaban J connectivity index is 1.67. The summed E-state index contributed by atoms with van der Waals surface area (Å²) in [6.45, 7) is 7.04. The molecule has 5 heteroatoms. The number of carbonyl (C=O) groups excluding carboxylic acids is 1. The quantitative estimate of drug-likeness (QED) is 0.660. The van der Waals surface area contributed by atoms with Gasteiger partial charge in [0, 0.05) is 30.6 Å². The lowest BCUT2D eigenvalue weighted by atomic mass is 9.86. The van der Waals surface area contributed by atoms with E-state index in [-0.39, 0.29) is 24.1 Å². The van der Waals surface area contributed by atoms with E-state index in [1.54, 1.807) is 0 Å². The molecule has 0 heterocycles. The fourth-order valence-electron chi connectivity index (χ4n) is 3.23. The lowest BCUT2D eigenvalue weighted by molar-refractivity contribution is 0.121. The molecule has 2 aliphatic carbocycles. The van der Waals surface area contributed by atoms with Gasteiger partial charge in [0.15, 0.2) is 0 Å². The number of carbonyl (C=O) groups is 1. The molecule has 2 fully saturated rings. The fourth-order valence-corrected chi connectivity index (χ4v) is 3.23. The van der Waals surface area contributed by atoms with Gasteiger partial charge in [-0.1, -0.05) is 20.3 Å². The highest BCUT2D eigenvalue weighted by molar-refractivity contribution is 5.74. The summed E-state index contributed by atoms with van der Waals surface area (Å²) >= 11 is 0. The van der Waals surface area contributed by atoms with Crippen LogP contribution in [0.4, 0.5) is 4.79 Å².